The standard InChI is InChI=1S/C43H53F2N11O5/c1-52-38-28(4-2-6-33(38)56(43(52)60)34-13-14-36(57)50-42(34)59)5-3-21-61-30-15-18-53(19-16-30)24-27-9-11-29(12-10-27)55-25-32(37(51-55)39(44)45)48-41(58)31-23-47-54-20-17-35(49-40(31)54)46-22-26-7-8-26/h2,4,6,17,20,23,25-27,29-30,34,39H,3,5,7-16,18-19,21-22,24H2,1H3,(H,46,49)(H,48,58)(H,50,57,59). The number of nitrogens with zero attached hydrogens (tertiary/aromatic N) is 8. The van der Waals surface area contributed by atoms with Crippen molar-refractivity contribution in [3.8, 4) is 0 Å². The van der Waals surface area contributed by atoms with Crippen molar-refractivity contribution in [3.05, 3.63) is 70.2 Å². The fourth-order valence-corrected chi connectivity index (χ4v) is 9.42. The molecule has 4 aliphatic rings. The van der Waals surface area contributed by atoms with Gasteiger partial charge in [0.25, 0.3) is 12.3 Å². The summed E-state index contributed by atoms with van der Waals surface area (Å²) in [5.74, 6) is 0.472. The van der Waals surface area contributed by atoms with Crippen LogP contribution in [0, 0.1) is 11.8 Å². The van der Waals surface area contributed by atoms with Gasteiger partial charge in [0.2, 0.25) is 11.8 Å². The summed E-state index contributed by atoms with van der Waals surface area (Å²) in [6, 6.07) is 6.84. The lowest BCUT2D eigenvalue weighted by molar-refractivity contribution is -0.135. The topological polar surface area (TPSA) is 175 Å². The Morgan fingerprint density at radius 1 is 1.00 bits per heavy atom. The van der Waals surface area contributed by atoms with Crippen LogP contribution in [0.4, 0.5) is 20.3 Å². The van der Waals surface area contributed by atoms with E-state index in [1.807, 2.05) is 18.2 Å². The maximum absolute atomic E-state index is 14.2. The Kier molecular flexibility index (Phi) is 11.7. The second-order valence-corrected chi connectivity index (χ2v) is 17.2. The van der Waals surface area contributed by atoms with E-state index in [4.69, 9.17) is 4.74 Å². The number of rotatable bonds is 15. The lowest BCUT2D eigenvalue weighted by Gasteiger charge is -2.36. The number of alkyl halides is 2. The number of fused-ring (bicyclic) bond motifs is 2. The first-order valence-electron chi connectivity index (χ1n) is 21.7. The fourth-order valence-electron chi connectivity index (χ4n) is 9.42. The minimum atomic E-state index is -2.85. The van der Waals surface area contributed by atoms with Crippen LogP contribution in [0.15, 0.2) is 47.7 Å². The van der Waals surface area contributed by atoms with Crippen LogP contribution in [-0.4, -0.2) is 95.0 Å². The number of para-hydroxylation sites is 1. The number of piperidine rings is 2. The van der Waals surface area contributed by atoms with Gasteiger partial charge in [-0.3, -0.25) is 33.5 Å². The van der Waals surface area contributed by atoms with Gasteiger partial charge in [-0.1, -0.05) is 12.1 Å². The largest absolute Gasteiger partial charge is 0.378 e. The van der Waals surface area contributed by atoms with Crippen LogP contribution >= 0.6 is 0 Å². The number of imidazole rings is 1. The van der Waals surface area contributed by atoms with Gasteiger partial charge in [-0.15, -0.1) is 0 Å². The summed E-state index contributed by atoms with van der Waals surface area (Å²) in [4.78, 5) is 58.1. The summed E-state index contributed by atoms with van der Waals surface area (Å²) in [6.45, 7) is 4.33. The van der Waals surface area contributed by atoms with Gasteiger partial charge in [-0.05, 0) is 100 Å². The number of carbonyl (C=O) groups is 3. The molecule has 0 spiro atoms. The van der Waals surface area contributed by atoms with E-state index in [9.17, 15) is 28.0 Å². The number of anilines is 2. The molecule has 2 saturated heterocycles. The molecule has 1 atom stereocenters. The fraction of sp³-hybridized carbons (Fsp3) is 0.558. The molecular formula is C43H53F2N11O5. The third kappa shape index (κ3) is 8.82. The zero-order chi connectivity index (χ0) is 42.2. The number of halogens is 2. The Labute approximate surface area is 351 Å². The maximum Gasteiger partial charge on any atom is 0.329 e. The Morgan fingerprint density at radius 2 is 1.79 bits per heavy atom. The average Bonchev–Trinajstić information content (AvgIpc) is 3.74. The number of amides is 3. The van der Waals surface area contributed by atoms with Crippen LogP contribution < -0.4 is 21.6 Å². The van der Waals surface area contributed by atoms with Gasteiger partial charge in [-0.25, -0.2) is 23.1 Å². The van der Waals surface area contributed by atoms with E-state index in [0.717, 1.165) is 88.6 Å². The van der Waals surface area contributed by atoms with Crippen molar-refractivity contribution in [1.82, 2.24) is 43.7 Å². The van der Waals surface area contributed by atoms with Crippen molar-refractivity contribution >= 4 is 45.9 Å². The highest BCUT2D eigenvalue weighted by atomic mass is 19.3. The lowest BCUT2D eigenvalue weighted by atomic mass is 9.85. The van der Waals surface area contributed by atoms with E-state index in [1.54, 1.807) is 34.8 Å². The van der Waals surface area contributed by atoms with E-state index in [1.165, 1.54) is 28.1 Å². The number of ether oxygens (including phenoxy) is 1. The van der Waals surface area contributed by atoms with Gasteiger partial charge in [0.1, 0.15) is 17.4 Å². The molecule has 61 heavy (non-hydrogen) atoms. The van der Waals surface area contributed by atoms with Gasteiger partial charge in [0.05, 0.1) is 35.1 Å². The first kappa shape index (κ1) is 40.9. The zero-order valence-electron chi connectivity index (χ0n) is 34.4. The highest BCUT2D eigenvalue weighted by molar-refractivity contribution is 6.08. The molecule has 4 fully saturated rings. The molecule has 4 aromatic heterocycles. The molecule has 1 unspecified atom stereocenters. The molecule has 3 N–H and O–H groups in total. The molecule has 0 radical (unpaired) electrons. The number of nitrogens with one attached hydrogen (secondary N) is 3. The van der Waals surface area contributed by atoms with Crippen molar-refractivity contribution in [2.24, 2.45) is 18.9 Å². The number of hydrogen-bond donors (Lipinski definition) is 3. The second-order valence-electron chi connectivity index (χ2n) is 17.2. The molecule has 6 heterocycles. The minimum Gasteiger partial charge on any atom is -0.378 e. The molecule has 1 aromatic carbocycles. The third-order valence-corrected chi connectivity index (χ3v) is 13.0. The monoisotopic (exact) mass is 841 g/mol. The Balaban J connectivity index is 0.723. The van der Waals surface area contributed by atoms with Crippen LogP contribution in [0.5, 0.6) is 0 Å². The quantitative estimate of drug-likeness (QED) is 0.0914. The Hall–Kier alpha value is -5.49. The summed E-state index contributed by atoms with van der Waals surface area (Å²) in [5, 5.41) is 16.8. The summed E-state index contributed by atoms with van der Waals surface area (Å²) in [5.41, 5.74) is 2.35. The van der Waals surface area contributed by atoms with Crippen molar-refractivity contribution < 1.29 is 27.9 Å². The molecule has 2 aliphatic heterocycles. The predicted octanol–water partition coefficient (Wildman–Crippen LogP) is 5.41. The van der Waals surface area contributed by atoms with Crippen LogP contribution in [0.2, 0.25) is 0 Å². The number of aryl methyl sites for hydroxylation is 2. The summed E-state index contributed by atoms with van der Waals surface area (Å²) < 4.78 is 41.0. The minimum absolute atomic E-state index is 0.000569. The maximum atomic E-state index is 14.2. The summed E-state index contributed by atoms with van der Waals surface area (Å²) in [6.07, 6.45) is 11.9. The van der Waals surface area contributed by atoms with Crippen LogP contribution in [0.25, 0.3) is 16.7 Å². The van der Waals surface area contributed by atoms with Crippen molar-refractivity contribution in [3.63, 3.8) is 0 Å². The van der Waals surface area contributed by atoms with Crippen molar-refractivity contribution in [2.45, 2.75) is 102 Å². The van der Waals surface area contributed by atoms with Gasteiger partial charge < -0.3 is 20.3 Å². The van der Waals surface area contributed by atoms with E-state index in [0.29, 0.717) is 41.8 Å². The van der Waals surface area contributed by atoms with Crippen molar-refractivity contribution in [1.29, 1.82) is 0 Å². The number of benzene rings is 1. The lowest BCUT2D eigenvalue weighted by Crippen LogP contribution is -2.44. The second kappa shape index (κ2) is 17.5. The SMILES string of the molecule is Cn1c(=O)n(C2CCC(=O)NC2=O)c2cccc(CCCOC3CCN(CC4CCC(n5cc(NC(=O)c6cnn7ccc(NCC8CC8)nc67)c(C(F)F)n5)CC4)CC3)c21. The number of imide groups is 1. The molecular weight excluding hydrogens is 789 g/mol. The highest BCUT2D eigenvalue weighted by Crippen LogP contribution is 2.36. The molecule has 16 nitrogen and oxygen atoms in total. The Morgan fingerprint density at radius 3 is 2.54 bits per heavy atom. The van der Waals surface area contributed by atoms with Crippen LogP contribution in [-0.2, 0) is 27.8 Å². The smallest absolute Gasteiger partial charge is 0.329 e. The first-order chi connectivity index (χ1) is 29.6. The molecule has 3 amide bonds. The zero-order valence-corrected chi connectivity index (χ0v) is 34.4. The number of aromatic nitrogens is 7. The van der Waals surface area contributed by atoms with Crippen LogP contribution in [0.1, 0.15) is 111 Å². The van der Waals surface area contributed by atoms with E-state index < -0.39 is 30.0 Å². The van der Waals surface area contributed by atoms with E-state index in [2.05, 4.69) is 36.0 Å². The molecule has 5 aromatic rings. The van der Waals surface area contributed by atoms with E-state index >= 15 is 0 Å². The molecule has 324 valence electrons. The molecule has 18 heteroatoms. The third-order valence-electron chi connectivity index (χ3n) is 13.0. The number of carbonyl (C=O) groups excluding carboxylic acids is 3. The number of likely N-dealkylation sites (tertiary alicyclic amines) is 1. The highest BCUT2D eigenvalue weighted by Gasteiger charge is 2.33. The molecule has 2 aliphatic carbocycles. The summed E-state index contributed by atoms with van der Waals surface area (Å²) >= 11 is 0. The molecule has 9 rings (SSSR count). The normalized spacial score (nSPS) is 21.7. The summed E-state index contributed by atoms with van der Waals surface area (Å²) in [7, 11) is 1.72. The first-order valence-corrected chi connectivity index (χ1v) is 21.7. The Bertz CT molecular complexity index is 2470. The average molecular weight is 842 g/mol. The van der Waals surface area contributed by atoms with Gasteiger partial charge >= 0.3 is 5.69 Å². The van der Waals surface area contributed by atoms with Gasteiger partial charge in [-0.2, -0.15) is 10.2 Å². The molecule has 0 bridgehead atoms. The molecule has 2 saturated carbocycles. The number of hydrogen-bond acceptors (Lipinski definition) is 10. The van der Waals surface area contributed by atoms with Gasteiger partial charge in [0.15, 0.2) is 11.3 Å². The van der Waals surface area contributed by atoms with E-state index in [-0.39, 0.29) is 41.4 Å². The van der Waals surface area contributed by atoms with Gasteiger partial charge in [0, 0.05) is 58.6 Å². The predicted molar refractivity (Wildman–Crippen MR) is 223 cm³/mol. The van der Waals surface area contributed by atoms with Crippen LogP contribution in [0.3, 0.4) is 0 Å². The van der Waals surface area contributed by atoms with Crippen molar-refractivity contribution in [2.75, 3.05) is 43.4 Å².